The second-order valence-electron chi connectivity index (χ2n) is 3.92. The molecule has 11 heavy (non-hydrogen) atoms. The van der Waals surface area contributed by atoms with Crippen molar-refractivity contribution in [1.29, 1.82) is 0 Å². The summed E-state index contributed by atoms with van der Waals surface area (Å²) in [5, 5.41) is 0. The molecule has 0 atom stereocenters. The summed E-state index contributed by atoms with van der Waals surface area (Å²) < 4.78 is 0. The first-order valence-corrected chi connectivity index (χ1v) is 3.91. The van der Waals surface area contributed by atoms with Crippen molar-refractivity contribution in [3.8, 4) is 0 Å². The maximum atomic E-state index is 6.00. The van der Waals surface area contributed by atoms with Crippen LogP contribution in [-0.2, 0) is 0 Å². The van der Waals surface area contributed by atoms with Crippen LogP contribution in [0.15, 0.2) is 24.3 Å². The van der Waals surface area contributed by atoms with Gasteiger partial charge in [0.15, 0.2) is 0 Å². The highest BCUT2D eigenvalue weighted by atomic mass is 14.7. The molecular weight excluding hydrogens is 134 g/mol. The molecule has 0 aliphatic rings. The van der Waals surface area contributed by atoms with Gasteiger partial charge in [-0.1, -0.05) is 11.1 Å². The highest BCUT2D eigenvalue weighted by Gasteiger charge is 2.17. The van der Waals surface area contributed by atoms with Crippen LogP contribution >= 0.6 is 0 Å². The van der Waals surface area contributed by atoms with Crippen molar-refractivity contribution in [2.45, 2.75) is 39.2 Å². The van der Waals surface area contributed by atoms with Crippen molar-refractivity contribution in [2.24, 2.45) is 5.73 Å². The topological polar surface area (TPSA) is 26.0 Å². The molecule has 0 fully saturated rings. The minimum atomic E-state index is -0.155. The third-order valence-electron chi connectivity index (χ3n) is 1.41. The Balaban J connectivity index is 3.99. The van der Waals surface area contributed by atoms with Crippen LogP contribution < -0.4 is 5.73 Å². The second kappa shape index (κ2) is 3.72. The lowest BCUT2D eigenvalue weighted by Crippen LogP contribution is -2.36. The maximum absolute atomic E-state index is 6.00. The van der Waals surface area contributed by atoms with Gasteiger partial charge in [0, 0.05) is 5.54 Å². The summed E-state index contributed by atoms with van der Waals surface area (Å²) in [5.41, 5.74) is 8.11. The quantitative estimate of drug-likeness (QED) is 0.617. The highest BCUT2D eigenvalue weighted by molar-refractivity contribution is 5.04. The van der Waals surface area contributed by atoms with E-state index in [1.54, 1.807) is 0 Å². The van der Waals surface area contributed by atoms with Crippen LogP contribution in [0.5, 0.6) is 0 Å². The van der Waals surface area contributed by atoms with Crippen molar-refractivity contribution in [1.82, 2.24) is 0 Å². The van der Waals surface area contributed by atoms with Crippen LogP contribution in [0.3, 0.4) is 0 Å². The highest BCUT2D eigenvalue weighted by Crippen LogP contribution is 2.19. The van der Waals surface area contributed by atoms with Crippen molar-refractivity contribution < 1.29 is 0 Å². The van der Waals surface area contributed by atoms with Crippen molar-refractivity contribution in [3.63, 3.8) is 0 Å². The molecule has 0 rings (SSSR count). The second-order valence-corrected chi connectivity index (χ2v) is 3.92. The molecule has 0 bridgehead atoms. The van der Waals surface area contributed by atoms with Gasteiger partial charge in [0.25, 0.3) is 0 Å². The van der Waals surface area contributed by atoms with E-state index < -0.39 is 0 Å². The molecule has 1 heteroatoms. The van der Waals surface area contributed by atoms with Crippen LogP contribution in [0, 0.1) is 0 Å². The molecule has 0 aliphatic carbocycles. The summed E-state index contributed by atoms with van der Waals surface area (Å²) in [4.78, 5) is 0. The minimum absolute atomic E-state index is 0.155. The fourth-order valence-corrected chi connectivity index (χ4v) is 1.44. The smallest absolute Gasteiger partial charge is 0.0200 e. The summed E-state index contributed by atoms with van der Waals surface area (Å²) >= 11 is 0. The lowest BCUT2D eigenvalue weighted by molar-refractivity contribution is 0.460. The average Bonchev–Trinajstić information content (AvgIpc) is 1.53. The van der Waals surface area contributed by atoms with Gasteiger partial charge in [0.2, 0.25) is 0 Å². The molecule has 0 unspecified atom stereocenters. The van der Waals surface area contributed by atoms with E-state index in [2.05, 4.69) is 13.2 Å². The Morgan fingerprint density at radius 3 is 1.64 bits per heavy atom. The van der Waals surface area contributed by atoms with Gasteiger partial charge in [-0.2, -0.15) is 0 Å². The zero-order chi connectivity index (χ0) is 9.07. The monoisotopic (exact) mass is 153 g/mol. The van der Waals surface area contributed by atoms with E-state index in [4.69, 9.17) is 5.73 Å². The zero-order valence-electron chi connectivity index (χ0n) is 7.91. The first-order chi connectivity index (χ1) is 4.83. The fraction of sp³-hybridized carbons (Fsp3) is 0.600. The standard InChI is InChI=1S/C10H19N/c1-8(2)6-10(5,11)7-9(3)4/h1,3,6-7,11H2,2,4-5H3. The molecule has 0 saturated carbocycles. The van der Waals surface area contributed by atoms with Gasteiger partial charge >= 0.3 is 0 Å². The number of rotatable bonds is 4. The molecule has 0 aromatic rings. The largest absolute Gasteiger partial charge is 0.325 e. The van der Waals surface area contributed by atoms with E-state index in [1.807, 2.05) is 20.8 Å². The van der Waals surface area contributed by atoms with Crippen LogP contribution in [0.2, 0.25) is 0 Å². The predicted molar refractivity (Wildman–Crippen MR) is 51.5 cm³/mol. The molecule has 0 heterocycles. The molecule has 0 saturated heterocycles. The molecule has 1 nitrogen and oxygen atoms in total. The fourth-order valence-electron chi connectivity index (χ4n) is 1.44. The van der Waals surface area contributed by atoms with Gasteiger partial charge in [0.05, 0.1) is 0 Å². The Morgan fingerprint density at radius 2 is 1.45 bits per heavy atom. The van der Waals surface area contributed by atoms with E-state index in [1.165, 1.54) is 0 Å². The molecule has 0 radical (unpaired) electrons. The molecule has 2 N–H and O–H groups in total. The van der Waals surface area contributed by atoms with Gasteiger partial charge < -0.3 is 5.73 Å². The van der Waals surface area contributed by atoms with Crippen LogP contribution in [0.1, 0.15) is 33.6 Å². The molecule has 0 aromatic carbocycles. The molecular formula is C10H19N. The summed E-state index contributed by atoms with van der Waals surface area (Å²) in [6.07, 6.45) is 1.75. The van der Waals surface area contributed by atoms with Gasteiger partial charge in [-0.15, -0.1) is 13.2 Å². The third kappa shape index (κ3) is 5.86. The molecule has 0 aromatic heterocycles. The Labute approximate surface area is 70.0 Å². The predicted octanol–water partition coefficient (Wildman–Crippen LogP) is 2.64. The van der Waals surface area contributed by atoms with Crippen molar-refractivity contribution >= 4 is 0 Å². The third-order valence-corrected chi connectivity index (χ3v) is 1.41. The van der Waals surface area contributed by atoms with Crippen molar-refractivity contribution in [3.05, 3.63) is 24.3 Å². The van der Waals surface area contributed by atoms with Crippen LogP contribution in [0.4, 0.5) is 0 Å². The summed E-state index contributed by atoms with van der Waals surface area (Å²) in [6.45, 7) is 13.7. The average molecular weight is 153 g/mol. The van der Waals surface area contributed by atoms with Crippen LogP contribution in [0.25, 0.3) is 0 Å². The first kappa shape index (κ1) is 10.4. The maximum Gasteiger partial charge on any atom is 0.0200 e. The van der Waals surface area contributed by atoms with Gasteiger partial charge in [-0.05, 0) is 33.6 Å². The normalized spacial score (nSPS) is 11.3. The Bertz CT molecular complexity index is 148. The van der Waals surface area contributed by atoms with E-state index in [0.717, 1.165) is 24.0 Å². The van der Waals surface area contributed by atoms with Gasteiger partial charge in [0.1, 0.15) is 0 Å². The number of hydrogen-bond acceptors (Lipinski definition) is 1. The summed E-state index contributed by atoms with van der Waals surface area (Å²) in [6, 6.07) is 0. The Kier molecular flexibility index (Phi) is 3.53. The minimum Gasteiger partial charge on any atom is -0.325 e. The summed E-state index contributed by atoms with van der Waals surface area (Å²) in [5.74, 6) is 0. The van der Waals surface area contributed by atoms with E-state index in [0.29, 0.717) is 0 Å². The van der Waals surface area contributed by atoms with E-state index in [9.17, 15) is 0 Å². The Hall–Kier alpha value is -0.560. The first-order valence-electron chi connectivity index (χ1n) is 3.91. The molecule has 0 spiro atoms. The molecule has 64 valence electrons. The number of hydrogen-bond donors (Lipinski definition) is 1. The van der Waals surface area contributed by atoms with Gasteiger partial charge in [-0.25, -0.2) is 0 Å². The van der Waals surface area contributed by atoms with Gasteiger partial charge in [-0.3, -0.25) is 0 Å². The van der Waals surface area contributed by atoms with Crippen molar-refractivity contribution in [2.75, 3.05) is 0 Å². The lowest BCUT2D eigenvalue weighted by Gasteiger charge is -2.24. The SMILES string of the molecule is C=C(C)CC(C)(N)CC(=C)C. The summed E-state index contributed by atoms with van der Waals surface area (Å²) in [7, 11) is 0. The Morgan fingerprint density at radius 1 is 1.18 bits per heavy atom. The number of nitrogens with two attached hydrogens (primary N) is 1. The zero-order valence-corrected chi connectivity index (χ0v) is 7.91. The lowest BCUT2D eigenvalue weighted by atomic mass is 9.89. The molecule has 0 aliphatic heterocycles. The van der Waals surface area contributed by atoms with Crippen LogP contribution in [-0.4, -0.2) is 5.54 Å². The molecule has 0 amide bonds. The van der Waals surface area contributed by atoms with E-state index in [-0.39, 0.29) is 5.54 Å². The van der Waals surface area contributed by atoms with E-state index >= 15 is 0 Å².